The second-order valence-corrected chi connectivity index (χ2v) is 4.68. The molecular weight excluding hydrogens is 214 g/mol. The lowest BCUT2D eigenvalue weighted by molar-refractivity contribution is -0.132. The summed E-state index contributed by atoms with van der Waals surface area (Å²) < 4.78 is 0. The third-order valence-electron chi connectivity index (χ3n) is 3.09. The molecule has 0 aliphatic carbocycles. The quantitative estimate of drug-likeness (QED) is 0.750. The van der Waals surface area contributed by atoms with E-state index in [1.54, 1.807) is 0 Å². The molecule has 1 unspecified atom stereocenters. The van der Waals surface area contributed by atoms with Crippen molar-refractivity contribution in [2.24, 2.45) is 5.92 Å². The summed E-state index contributed by atoms with van der Waals surface area (Å²) in [6.45, 7) is 3.78. The Morgan fingerprint density at radius 2 is 2.13 bits per heavy atom. The van der Waals surface area contributed by atoms with Crippen LogP contribution in [-0.2, 0) is 4.79 Å². The lowest BCUT2D eigenvalue weighted by Gasteiger charge is -2.32. The van der Waals surface area contributed by atoms with Gasteiger partial charge in [0.05, 0.1) is 0 Å². The van der Waals surface area contributed by atoms with Gasteiger partial charge in [-0.2, -0.15) is 0 Å². The number of amides is 1. The Morgan fingerprint density at radius 1 is 1.53 bits per heavy atom. The van der Waals surface area contributed by atoms with Gasteiger partial charge in [0, 0.05) is 19.7 Å². The number of hydrogen-bond donors (Lipinski definition) is 1. The maximum Gasteiger partial charge on any atom is 0.240 e. The zero-order valence-electron chi connectivity index (χ0n) is 9.29. The summed E-state index contributed by atoms with van der Waals surface area (Å²) in [6, 6.07) is 0. The largest absolute Gasteiger partial charge is 0.396 e. The van der Waals surface area contributed by atoms with Crippen LogP contribution < -0.4 is 0 Å². The van der Waals surface area contributed by atoms with E-state index in [0.717, 1.165) is 32.4 Å². The first kappa shape index (κ1) is 12.8. The molecule has 4 heteroatoms. The molecule has 3 nitrogen and oxygen atoms in total. The number of carbonyl (C=O) groups excluding carboxylic acids is 1. The van der Waals surface area contributed by atoms with Crippen molar-refractivity contribution in [3.63, 3.8) is 0 Å². The standard InChI is InChI=1S/C11H20ClNO2/c1-2-10(12)11(15)13-6-3-9(4-7-13)5-8-14/h9-10,14H,2-8H2,1H3. The van der Waals surface area contributed by atoms with Gasteiger partial charge in [-0.15, -0.1) is 11.6 Å². The van der Waals surface area contributed by atoms with Crippen LogP contribution in [0.15, 0.2) is 0 Å². The Kier molecular flexibility index (Phi) is 5.40. The number of alkyl halides is 1. The average molecular weight is 234 g/mol. The van der Waals surface area contributed by atoms with Crippen LogP contribution in [0.2, 0.25) is 0 Å². The predicted octanol–water partition coefficient (Wildman–Crippen LogP) is 1.62. The summed E-state index contributed by atoms with van der Waals surface area (Å²) in [6.07, 6.45) is 3.55. The van der Waals surface area contributed by atoms with Crippen molar-refractivity contribution in [3.8, 4) is 0 Å². The Balaban J connectivity index is 2.33. The summed E-state index contributed by atoms with van der Waals surface area (Å²) >= 11 is 5.92. The summed E-state index contributed by atoms with van der Waals surface area (Å²) in [5.41, 5.74) is 0. The second kappa shape index (κ2) is 6.33. The Labute approximate surface area is 96.4 Å². The van der Waals surface area contributed by atoms with E-state index >= 15 is 0 Å². The molecule has 1 N–H and O–H groups in total. The number of hydrogen-bond acceptors (Lipinski definition) is 2. The molecule has 0 radical (unpaired) electrons. The SMILES string of the molecule is CCC(Cl)C(=O)N1CCC(CCO)CC1. The van der Waals surface area contributed by atoms with Gasteiger partial charge in [0.1, 0.15) is 5.38 Å². The third-order valence-corrected chi connectivity index (χ3v) is 3.59. The highest BCUT2D eigenvalue weighted by molar-refractivity contribution is 6.30. The van der Waals surface area contributed by atoms with Crippen molar-refractivity contribution in [2.45, 2.75) is 38.0 Å². The van der Waals surface area contributed by atoms with Crippen LogP contribution in [0.5, 0.6) is 0 Å². The number of carbonyl (C=O) groups is 1. The fourth-order valence-corrected chi connectivity index (χ4v) is 2.14. The maximum atomic E-state index is 11.7. The smallest absolute Gasteiger partial charge is 0.240 e. The van der Waals surface area contributed by atoms with Crippen molar-refractivity contribution in [1.82, 2.24) is 4.90 Å². The van der Waals surface area contributed by atoms with Crippen LogP contribution in [0.25, 0.3) is 0 Å². The van der Waals surface area contributed by atoms with Gasteiger partial charge in [-0.25, -0.2) is 0 Å². The van der Waals surface area contributed by atoms with E-state index < -0.39 is 0 Å². The minimum Gasteiger partial charge on any atom is -0.396 e. The number of piperidine rings is 1. The summed E-state index contributed by atoms with van der Waals surface area (Å²) in [5.74, 6) is 0.649. The highest BCUT2D eigenvalue weighted by atomic mass is 35.5. The Morgan fingerprint density at radius 3 is 2.60 bits per heavy atom. The minimum absolute atomic E-state index is 0.0709. The molecule has 0 saturated carbocycles. The molecule has 88 valence electrons. The molecule has 1 saturated heterocycles. The highest BCUT2D eigenvalue weighted by Gasteiger charge is 2.25. The molecule has 15 heavy (non-hydrogen) atoms. The van der Waals surface area contributed by atoms with Crippen molar-refractivity contribution in [1.29, 1.82) is 0 Å². The van der Waals surface area contributed by atoms with Gasteiger partial charge >= 0.3 is 0 Å². The molecule has 0 aromatic rings. The molecule has 0 bridgehead atoms. The highest BCUT2D eigenvalue weighted by Crippen LogP contribution is 2.21. The summed E-state index contributed by atoms with van der Waals surface area (Å²) in [5, 5.41) is 8.46. The van der Waals surface area contributed by atoms with Crippen LogP contribution >= 0.6 is 11.6 Å². The van der Waals surface area contributed by atoms with E-state index in [4.69, 9.17) is 16.7 Å². The van der Waals surface area contributed by atoms with Gasteiger partial charge in [-0.05, 0) is 31.6 Å². The van der Waals surface area contributed by atoms with Crippen LogP contribution in [0.1, 0.15) is 32.6 Å². The van der Waals surface area contributed by atoms with Crippen molar-refractivity contribution in [3.05, 3.63) is 0 Å². The topological polar surface area (TPSA) is 40.5 Å². The number of aliphatic hydroxyl groups is 1. The fraction of sp³-hybridized carbons (Fsp3) is 0.909. The van der Waals surface area contributed by atoms with Gasteiger partial charge in [0.15, 0.2) is 0 Å². The molecule has 0 spiro atoms. The molecule has 1 amide bonds. The van der Waals surface area contributed by atoms with Gasteiger partial charge in [0.25, 0.3) is 0 Å². The maximum absolute atomic E-state index is 11.7. The van der Waals surface area contributed by atoms with E-state index in [1.807, 2.05) is 11.8 Å². The normalized spacial score (nSPS) is 20.3. The predicted molar refractivity (Wildman–Crippen MR) is 60.9 cm³/mol. The van der Waals surface area contributed by atoms with E-state index in [2.05, 4.69) is 0 Å². The lowest BCUT2D eigenvalue weighted by Crippen LogP contribution is -2.42. The molecule has 1 heterocycles. The number of rotatable bonds is 4. The first-order valence-electron chi connectivity index (χ1n) is 5.72. The summed E-state index contributed by atoms with van der Waals surface area (Å²) in [7, 11) is 0. The van der Waals surface area contributed by atoms with Crippen LogP contribution in [-0.4, -0.2) is 41.0 Å². The first-order valence-corrected chi connectivity index (χ1v) is 6.16. The van der Waals surface area contributed by atoms with E-state index in [9.17, 15) is 4.79 Å². The van der Waals surface area contributed by atoms with Crippen LogP contribution in [0.4, 0.5) is 0 Å². The monoisotopic (exact) mass is 233 g/mol. The Bertz CT molecular complexity index is 203. The molecule has 1 atom stereocenters. The number of likely N-dealkylation sites (tertiary alicyclic amines) is 1. The third kappa shape index (κ3) is 3.65. The number of aliphatic hydroxyl groups excluding tert-OH is 1. The number of halogens is 1. The van der Waals surface area contributed by atoms with Gasteiger partial charge in [-0.3, -0.25) is 4.79 Å². The van der Waals surface area contributed by atoms with Crippen LogP contribution in [0, 0.1) is 5.92 Å². The van der Waals surface area contributed by atoms with Gasteiger partial charge in [-0.1, -0.05) is 6.92 Å². The van der Waals surface area contributed by atoms with Gasteiger partial charge in [0.2, 0.25) is 5.91 Å². The second-order valence-electron chi connectivity index (χ2n) is 4.16. The van der Waals surface area contributed by atoms with E-state index in [1.165, 1.54) is 0 Å². The zero-order valence-corrected chi connectivity index (χ0v) is 10.0. The summed E-state index contributed by atoms with van der Waals surface area (Å²) in [4.78, 5) is 13.6. The molecule has 1 aliphatic heterocycles. The van der Waals surface area contributed by atoms with Crippen molar-refractivity contribution < 1.29 is 9.90 Å². The minimum atomic E-state index is -0.362. The number of nitrogens with zero attached hydrogens (tertiary/aromatic N) is 1. The van der Waals surface area contributed by atoms with E-state index in [-0.39, 0.29) is 17.9 Å². The van der Waals surface area contributed by atoms with Crippen molar-refractivity contribution in [2.75, 3.05) is 19.7 Å². The van der Waals surface area contributed by atoms with E-state index in [0.29, 0.717) is 12.3 Å². The Hall–Kier alpha value is -0.280. The molecule has 1 aliphatic rings. The zero-order chi connectivity index (χ0) is 11.3. The first-order chi connectivity index (χ1) is 7.19. The molecule has 1 rings (SSSR count). The molecular formula is C11H20ClNO2. The van der Waals surface area contributed by atoms with Crippen molar-refractivity contribution >= 4 is 17.5 Å². The van der Waals surface area contributed by atoms with Gasteiger partial charge < -0.3 is 10.0 Å². The molecule has 0 aromatic carbocycles. The average Bonchev–Trinajstić information content (AvgIpc) is 2.28. The molecule has 1 fully saturated rings. The van der Waals surface area contributed by atoms with Crippen LogP contribution in [0.3, 0.4) is 0 Å². The fourth-order valence-electron chi connectivity index (χ4n) is 2.00. The molecule has 0 aromatic heterocycles. The lowest BCUT2D eigenvalue weighted by atomic mass is 9.94.